The summed E-state index contributed by atoms with van der Waals surface area (Å²) in [6.45, 7) is 3.69. The van der Waals surface area contributed by atoms with Gasteiger partial charge in [0.25, 0.3) is 0 Å². The van der Waals surface area contributed by atoms with Gasteiger partial charge in [-0.1, -0.05) is 0 Å². The van der Waals surface area contributed by atoms with E-state index in [1.54, 1.807) is 17.1 Å². The Kier molecular flexibility index (Phi) is 2.33. The molecule has 0 aliphatic rings. The maximum Gasteiger partial charge on any atom is 0.153 e. The molecular formula is C11H11N3O. The van der Waals surface area contributed by atoms with E-state index in [0.717, 1.165) is 23.4 Å². The number of carbonyl (C=O) groups excluding carboxylic acids is 1. The molecule has 76 valence electrons. The zero-order valence-electron chi connectivity index (χ0n) is 8.64. The van der Waals surface area contributed by atoms with Crippen LogP contribution < -0.4 is 0 Å². The minimum atomic E-state index is 0.652. The standard InChI is InChI=1S/C11H11N3O/c1-8-11(7-15)9(2)14(13-8)10-4-3-5-12-6-10/h3-7H,1-2H3. The molecule has 2 rings (SSSR count). The third kappa shape index (κ3) is 1.54. The van der Waals surface area contributed by atoms with Crippen molar-refractivity contribution < 1.29 is 4.79 Å². The third-order valence-corrected chi connectivity index (χ3v) is 2.36. The van der Waals surface area contributed by atoms with Crippen molar-refractivity contribution in [2.75, 3.05) is 0 Å². The smallest absolute Gasteiger partial charge is 0.153 e. The second kappa shape index (κ2) is 3.65. The Bertz CT molecular complexity index is 488. The predicted molar refractivity (Wildman–Crippen MR) is 56.2 cm³/mol. The third-order valence-electron chi connectivity index (χ3n) is 2.36. The van der Waals surface area contributed by atoms with Gasteiger partial charge < -0.3 is 0 Å². The summed E-state index contributed by atoms with van der Waals surface area (Å²) in [4.78, 5) is 14.8. The first-order valence-electron chi connectivity index (χ1n) is 4.66. The van der Waals surface area contributed by atoms with E-state index in [1.807, 2.05) is 26.0 Å². The van der Waals surface area contributed by atoms with Gasteiger partial charge in [-0.2, -0.15) is 5.10 Å². The highest BCUT2D eigenvalue weighted by Crippen LogP contribution is 2.14. The average molecular weight is 201 g/mol. The Labute approximate surface area is 87.6 Å². The van der Waals surface area contributed by atoms with E-state index < -0.39 is 0 Å². The van der Waals surface area contributed by atoms with Gasteiger partial charge in [0.15, 0.2) is 6.29 Å². The quantitative estimate of drug-likeness (QED) is 0.695. The summed E-state index contributed by atoms with van der Waals surface area (Å²) >= 11 is 0. The van der Waals surface area contributed by atoms with Crippen LogP contribution >= 0.6 is 0 Å². The van der Waals surface area contributed by atoms with Gasteiger partial charge in [0.05, 0.1) is 28.8 Å². The van der Waals surface area contributed by atoms with Gasteiger partial charge in [-0.15, -0.1) is 0 Å². The van der Waals surface area contributed by atoms with Crippen molar-refractivity contribution in [3.63, 3.8) is 0 Å². The van der Waals surface area contributed by atoms with E-state index in [2.05, 4.69) is 10.1 Å². The van der Waals surface area contributed by atoms with E-state index in [0.29, 0.717) is 5.56 Å². The van der Waals surface area contributed by atoms with Gasteiger partial charge in [-0.05, 0) is 26.0 Å². The molecule has 0 fully saturated rings. The number of aromatic nitrogens is 3. The minimum absolute atomic E-state index is 0.652. The van der Waals surface area contributed by atoms with E-state index in [9.17, 15) is 4.79 Å². The van der Waals surface area contributed by atoms with Gasteiger partial charge in [-0.3, -0.25) is 9.78 Å². The Morgan fingerprint density at radius 1 is 1.40 bits per heavy atom. The van der Waals surface area contributed by atoms with Crippen LogP contribution in [0.4, 0.5) is 0 Å². The number of aryl methyl sites for hydroxylation is 1. The summed E-state index contributed by atoms with van der Waals surface area (Å²) in [5, 5.41) is 4.30. The molecule has 15 heavy (non-hydrogen) atoms. The molecule has 2 aromatic rings. The lowest BCUT2D eigenvalue weighted by atomic mass is 10.2. The second-order valence-corrected chi connectivity index (χ2v) is 3.33. The Hall–Kier alpha value is -1.97. The molecule has 0 N–H and O–H groups in total. The molecule has 0 saturated heterocycles. The highest BCUT2D eigenvalue weighted by Gasteiger charge is 2.11. The maximum absolute atomic E-state index is 10.8. The molecule has 4 heteroatoms. The zero-order valence-corrected chi connectivity index (χ0v) is 8.64. The van der Waals surface area contributed by atoms with Crippen LogP contribution in [0.2, 0.25) is 0 Å². The fraction of sp³-hybridized carbons (Fsp3) is 0.182. The zero-order chi connectivity index (χ0) is 10.8. The van der Waals surface area contributed by atoms with Crippen molar-refractivity contribution in [1.29, 1.82) is 0 Å². The van der Waals surface area contributed by atoms with Gasteiger partial charge in [0, 0.05) is 6.20 Å². The first kappa shape index (κ1) is 9.58. The van der Waals surface area contributed by atoms with Crippen LogP contribution in [0.1, 0.15) is 21.7 Å². The van der Waals surface area contributed by atoms with Gasteiger partial charge >= 0.3 is 0 Å². The molecule has 0 aromatic carbocycles. The van der Waals surface area contributed by atoms with Crippen molar-refractivity contribution in [1.82, 2.24) is 14.8 Å². The lowest BCUT2D eigenvalue weighted by Crippen LogP contribution is -1.99. The summed E-state index contributed by atoms with van der Waals surface area (Å²) in [6, 6.07) is 3.74. The highest BCUT2D eigenvalue weighted by molar-refractivity contribution is 5.78. The number of aldehydes is 1. The Morgan fingerprint density at radius 2 is 2.20 bits per heavy atom. The van der Waals surface area contributed by atoms with E-state index >= 15 is 0 Å². The first-order valence-corrected chi connectivity index (χ1v) is 4.66. The van der Waals surface area contributed by atoms with Crippen LogP contribution in [0.3, 0.4) is 0 Å². The molecule has 2 aromatic heterocycles. The van der Waals surface area contributed by atoms with Crippen LogP contribution in [0, 0.1) is 13.8 Å². The number of carbonyl (C=O) groups is 1. The number of rotatable bonds is 2. The molecule has 0 spiro atoms. The Morgan fingerprint density at radius 3 is 2.73 bits per heavy atom. The maximum atomic E-state index is 10.8. The Balaban J connectivity index is 2.60. The van der Waals surface area contributed by atoms with Gasteiger partial charge in [-0.25, -0.2) is 4.68 Å². The largest absolute Gasteiger partial charge is 0.298 e. The summed E-state index contributed by atoms with van der Waals surface area (Å²) < 4.78 is 1.73. The van der Waals surface area contributed by atoms with Crippen molar-refractivity contribution >= 4 is 6.29 Å². The van der Waals surface area contributed by atoms with E-state index in [1.165, 1.54) is 0 Å². The lowest BCUT2D eigenvalue weighted by Gasteiger charge is -2.02. The van der Waals surface area contributed by atoms with Gasteiger partial charge in [0.1, 0.15) is 0 Å². The predicted octanol–water partition coefficient (Wildman–Crippen LogP) is 1.70. The minimum Gasteiger partial charge on any atom is -0.298 e. The summed E-state index contributed by atoms with van der Waals surface area (Å²) in [7, 11) is 0. The van der Waals surface area contributed by atoms with Crippen LogP contribution in [0.5, 0.6) is 0 Å². The summed E-state index contributed by atoms with van der Waals surface area (Å²) in [5.74, 6) is 0. The lowest BCUT2D eigenvalue weighted by molar-refractivity contribution is 0.112. The fourth-order valence-electron chi connectivity index (χ4n) is 1.56. The molecule has 0 bridgehead atoms. The molecule has 0 amide bonds. The number of nitrogens with zero attached hydrogens (tertiary/aromatic N) is 3. The van der Waals surface area contributed by atoms with Gasteiger partial charge in [0.2, 0.25) is 0 Å². The topological polar surface area (TPSA) is 47.8 Å². The number of hydrogen-bond acceptors (Lipinski definition) is 3. The molecule has 4 nitrogen and oxygen atoms in total. The molecule has 0 aliphatic heterocycles. The SMILES string of the molecule is Cc1nn(-c2cccnc2)c(C)c1C=O. The monoisotopic (exact) mass is 201 g/mol. The first-order chi connectivity index (χ1) is 7.24. The second-order valence-electron chi connectivity index (χ2n) is 3.33. The van der Waals surface area contributed by atoms with Crippen molar-refractivity contribution in [2.45, 2.75) is 13.8 Å². The molecule has 0 saturated carbocycles. The van der Waals surface area contributed by atoms with Crippen molar-refractivity contribution in [3.05, 3.63) is 41.5 Å². The van der Waals surface area contributed by atoms with Crippen LogP contribution in [-0.2, 0) is 0 Å². The number of pyridine rings is 1. The average Bonchev–Trinajstić information content (AvgIpc) is 2.55. The number of hydrogen-bond donors (Lipinski definition) is 0. The van der Waals surface area contributed by atoms with Crippen LogP contribution in [0.15, 0.2) is 24.5 Å². The molecule has 0 aliphatic carbocycles. The van der Waals surface area contributed by atoms with E-state index in [-0.39, 0.29) is 0 Å². The van der Waals surface area contributed by atoms with Crippen LogP contribution in [0.25, 0.3) is 5.69 Å². The normalized spacial score (nSPS) is 10.3. The van der Waals surface area contributed by atoms with E-state index in [4.69, 9.17) is 0 Å². The summed E-state index contributed by atoms with van der Waals surface area (Å²) in [6.07, 6.45) is 4.26. The molecule has 0 radical (unpaired) electrons. The van der Waals surface area contributed by atoms with Crippen molar-refractivity contribution in [3.8, 4) is 5.69 Å². The van der Waals surface area contributed by atoms with Crippen molar-refractivity contribution in [2.24, 2.45) is 0 Å². The highest BCUT2D eigenvalue weighted by atomic mass is 16.1. The van der Waals surface area contributed by atoms with Crippen LogP contribution in [-0.4, -0.2) is 21.1 Å². The molecule has 0 unspecified atom stereocenters. The molecular weight excluding hydrogens is 190 g/mol. The fourth-order valence-corrected chi connectivity index (χ4v) is 1.56. The molecule has 0 atom stereocenters. The summed E-state index contributed by atoms with van der Waals surface area (Å²) in [5.41, 5.74) is 3.10. The molecule has 2 heterocycles.